The van der Waals surface area contributed by atoms with Crippen molar-refractivity contribution >= 4 is 11.9 Å². The molecule has 0 unspecified atom stereocenters. The number of hydrogen-bond donors (Lipinski definition) is 5. The van der Waals surface area contributed by atoms with Gasteiger partial charge in [-0.15, -0.1) is 0 Å². The van der Waals surface area contributed by atoms with E-state index in [0.717, 1.165) is 16.7 Å². The van der Waals surface area contributed by atoms with Crippen molar-refractivity contribution in [2.75, 3.05) is 0 Å². The molecule has 254 valence electrons. The molecule has 7 rings (SSSR count). The Kier molecular flexibility index (Phi) is 9.19. The maximum Gasteiger partial charge on any atom is 0.170 e. The lowest BCUT2D eigenvalue weighted by Gasteiger charge is -2.39. The molecule has 0 bridgehead atoms. The molecule has 2 heterocycles. The molecule has 0 saturated heterocycles. The molecule has 0 spiro atoms. The Labute approximate surface area is 290 Å². The lowest BCUT2D eigenvalue weighted by atomic mass is 9.80. The van der Waals surface area contributed by atoms with E-state index < -0.39 is 18.3 Å². The smallest absolute Gasteiger partial charge is 0.170 e. The molecule has 0 aliphatic carbocycles. The SMILES string of the molecule is O=C(CCc1ccccc1)c1c(O)c2c(c3c1O[C@@H](c1ccc(O)cc1)[C@H](C/C=C/c1ccc(O)cc1)C3)O[C@@H](c1ccc(O)cc1)[C@H](O)C2. The summed E-state index contributed by atoms with van der Waals surface area (Å²) in [4.78, 5) is 14.1. The third-order valence-corrected chi connectivity index (χ3v) is 9.57. The Balaban J connectivity index is 1.32. The molecule has 0 amide bonds. The topological polar surface area (TPSA) is 137 Å². The van der Waals surface area contributed by atoms with Gasteiger partial charge in [-0.3, -0.25) is 4.79 Å². The van der Waals surface area contributed by atoms with E-state index in [0.29, 0.717) is 41.7 Å². The van der Waals surface area contributed by atoms with E-state index in [9.17, 15) is 30.3 Å². The monoisotopic (exact) mass is 670 g/mol. The van der Waals surface area contributed by atoms with E-state index >= 15 is 0 Å². The van der Waals surface area contributed by atoms with Crippen LogP contribution in [0.1, 0.15) is 68.8 Å². The van der Waals surface area contributed by atoms with Crippen LogP contribution in [0.4, 0.5) is 0 Å². The predicted molar refractivity (Wildman–Crippen MR) is 189 cm³/mol. The first-order valence-electron chi connectivity index (χ1n) is 16.8. The van der Waals surface area contributed by atoms with Gasteiger partial charge in [0.05, 0.1) is 6.10 Å². The van der Waals surface area contributed by atoms with E-state index in [1.54, 1.807) is 48.5 Å². The third kappa shape index (κ3) is 6.75. The average molecular weight is 671 g/mol. The number of benzene rings is 5. The second-order valence-corrected chi connectivity index (χ2v) is 13.0. The van der Waals surface area contributed by atoms with Gasteiger partial charge in [-0.05, 0) is 77.9 Å². The Morgan fingerprint density at radius 3 is 1.90 bits per heavy atom. The summed E-state index contributed by atoms with van der Waals surface area (Å²) >= 11 is 0. The molecule has 5 N–H and O–H groups in total. The summed E-state index contributed by atoms with van der Waals surface area (Å²) in [6.07, 6.45) is 3.33. The van der Waals surface area contributed by atoms with Gasteiger partial charge in [0.25, 0.3) is 0 Å². The van der Waals surface area contributed by atoms with E-state index in [1.807, 2.05) is 54.6 Å². The molecule has 50 heavy (non-hydrogen) atoms. The Bertz CT molecular complexity index is 2000. The second kappa shape index (κ2) is 14.0. The van der Waals surface area contributed by atoms with Crippen LogP contribution in [0.15, 0.2) is 109 Å². The lowest BCUT2D eigenvalue weighted by molar-refractivity contribution is 0.0169. The van der Waals surface area contributed by atoms with Crippen LogP contribution >= 0.6 is 0 Å². The maximum absolute atomic E-state index is 14.1. The summed E-state index contributed by atoms with van der Waals surface area (Å²) in [5.74, 6) is 0.350. The highest BCUT2D eigenvalue weighted by Gasteiger charge is 2.42. The number of aliphatic hydroxyl groups is 1. The van der Waals surface area contributed by atoms with Crippen molar-refractivity contribution in [1.29, 1.82) is 0 Å². The summed E-state index contributed by atoms with van der Waals surface area (Å²) < 4.78 is 13.4. The summed E-state index contributed by atoms with van der Waals surface area (Å²) in [6.45, 7) is 0. The number of ether oxygens (including phenoxy) is 2. The number of fused-ring (bicyclic) bond motifs is 3. The van der Waals surface area contributed by atoms with Crippen molar-refractivity contribution in [2.24, 2.45) is 5.92 Å². The van der Waals surface area contributed by atoms with Crippen LogP contribution in [0, 0.1) is 5.92 Å². The Morgan fingerprint density at radius 1 is 0.680 bits per heavy atom. The molecule has 5 aromatic carbocycles. The number of aliphatic hydroxyl groups excluding tert-OH is 1. The third-order valence-electron chi connectivity index (χ3n) is 9.57. The quantitative estimate of drug-likeness (QED) is 0.100. The van der Waals surface area contributed by atoms with Gasteiger partial charge in [0.15, 0.2) is 5.78 Å². The van der Waals surface area contributed by atoms with Crippen molar-refractivity contribution in [3.05, 3.63) is 148 Å². The van der Waals surface area contributed by atoms with Crippen LogP contribution in [0.25, 0.3) is 6.08 Å². The molecule has 8 nitrogen and oxygen atoms in total. The number of rotatable bonds is 9. The average Bonchev–Trinajstić information content (AvgIpc) is 3.13. The van der Waals surface area contributed by atoms with E-state index in [2.05, 4.69) is 0 Å². The van der Waals surface area contributed by atoms with E-state index in [1.165, 1.54) is 12.1 Å². The fourth-order valence-electron chi connectivity index (χ4n) is 6.98. The molecule has 5 aromatic rings. The summed E-state index contributed by atoms with van der Waals surface area (Å²) in [5.41, 5.74) is 4.46. The zero-order chi connectivity index (χ0) is 34.8. The van der Waals surface area contributed by atoms with Crippen LogP contribution in [0.3, 0.4) is 0 Å². The van der Waals surface area contributed by atoms with E-state index in [4.69, 9.17) is 9.47 Å². The molecular weight excluding hydrogens is 632 g/mol. The Hall–Kier alpha value is -5.73. The van der Waals surface area contributed by atoms with Crippen molar-refractivity contribution in [1.82, 2.24) is 0 Å². The predicted octanol–water partition coefficient (Wildman–Crippen LogP) is 7.76. The number of aryl methyl sites for hydroxylation is 1. The maximum atomic E-state index is 14.1. The number of phenolic OH excluding ortho intramolecular Hbond substituents is 4. The fraction of sp³-hybridized carbons (Fsp3) is 0.214. The standard InChI is InChI=1S/C42H38O8/c43-30-16-9-26(10-17-30)7-4-8-29-23-34-41-33(24-36(47)40(50-41)28-14-20-32(45)21-15-28)38(48)37(35(46)22-11-25-5-2-1-3-6-25)42(34)49-39(29)27-12-18-31(44)19-13-27/h1-7,9-10,12-21,29,36,39-40,43-45,47-48H,8,11,22-24H2/b7-4+/t29-,36-,39+,40+/m1/s1. The van der Waals surface area contributed by atoms with Crippen molar-refractivity contribution < 1.29 is 39.8 Å². The number of carbonyl (C=O) groups is 1. The normalized spacial score (nSPS) is 19.6. The first-order valence-corrected chi connectivity index (χ1v) is 16.8. The van der Waals surface area contributed by atoms with Gasteiger partial charge in [-0.2, -0.15) is 0 Å². The van der Waals surface area contributed by atoms with Gasteiger partial charge in [-0.25, -0.2) is 0 Å². The summed E-state index contributed by atoms with van der Waals surface area (Å²) in [5, 5.41) is 52.8. The lowest BCUT2D eigenvalue weighted by Crippen LogP contribution is -2.33. The zero-order valence-electron chi connectivity index (χ0n) is 27.3. The molecule has 0 saturated carbocycles. The number of ketones is 1. The van der Waals surface area contributed by atoms with Crippen molar-refractivity contribution in [3.63, 3.8) is 0 Å². The highest BCUT2D eigenvalue weighted by molar-refractivity contribution is 6.03. The van der Waals surface area contributed by atoms with Crippen LogP contribution in [0.2, 0.25) is 0 Å². The van der Waals surface area contributed by atoms with Crippen molar-refractivity contribution in [3.8, 4) is 34.5 Å². The number of Topliss-reactive ketones (excluding diaryl/α,β-unsaturated/α-hetero) is 1. The number of hydrogen-bond acceptors (Lipinski definition) is 8. The minimum Gasteiger partial charge on any atom is -0.508 e. The first kappa shape index (κ1) is 32.8. The van der Waals surface area contributed by atoms with Crippen LogP contribution < -0.4 is 9.47 Å². The van der Waals surface area contributed by atoms with Gasteiger partial charge >= 0.3 is 0 Å². The van der Waals surface area contributed by atoms with Crippen LogP contribution in [0.5, 0.6) is 34.5 Å². The van der Waals surface area contributed by atoms with Gasteiger partial charge in [0.2, 0.25) is 0 Å². The molecule has 4 atom stereocenters. The number of aromatic hydroxyl groups is 4. The second-order valence-electron chi connectivity index (χ2n) is 13.0. The molecule has 2 aliphatic heterocycles. The highest BCUT2D eigenvalue weighted by atomic mass is 16.5. The molecule has 0 fully saturated rings. The molecule has 0 radical (unpaired) electrons. The van der Waals surface area contributed by atoms with Gasteiger partial charge in [0.1, 0.15) is 52.3 Å². The summed E-state index contributed by atoms with van der Waals surface area (Å²) in [6, 6.07) is 29.8. The van der Waals surface area contributed by atoms with Crippen LogP contribution in [-0.2, 0) is 19.3 Å². The number of carbonyl (C=O) groups excluding carboxylic acids is 1. The fourth-order valence-corrected chi connectivity index (χ4v) is 6.98. The largest absolute Gasteiger partial charge is 0.508 e. The number of phenols is 4. The highest BCUT2D eigenvalue weighted by Crippen LogP contribution is 2.54. The van der Waals surface area contributed by atoms with Crippen LogP contribution in [-0.4, -0.2) is 37.4 Å². The molecule has 2 aliphatic rings. The molecular formula is C42H38O8. The zero-order valence-corrected chi connectivity index (χ0v) is 27.3. The Morgan fingerprint density at radius 2 is 1.26 bits per heavy atom. The van der Waals surface area contributed by atoms with E-state index in [-0.39, 0.29) is 58.9 Å². The van der Waals surface area contributed by atoms with Crippen molar-refractivity contribution in [2.45, 2.75) is 50.4 Å². The molecule has 8 heteroatoms. The molecule has 0 aromatic heterocycles. The summed E-state index contributed by atoms with van der Waals surface area (Å²) in [7, 11) is 0. The first-order chi connectivity index (χ1) is 24.2. The number of allylic oxidation sites excluding steroid dienone is 1. The van der Waals surface area contributed by atoms with Gasteiger partial charge in [0, 0.05) is 29.9 Å². The minimum absolute atomic E-state index is 0.0474. The van der Waals surface area contributed by atoms with Gasteiger partial charge in [-0.1, -0.05) is 78.9 Å². The minimum atomic E-state index is -1.03. The van der Waals surface area contributed by atoms with Gasteiger partial charge < -0.3 is 35.0 Å².